The zero-order valence-electron chi connectivity index (χ0n) is 30.6. The SMILES string of the molecule is CCC(COc1ccc(OC)cc1C(C)(C)C)OC(=O)c1ccc(NC(=O)C(C(=O)C(C)(C)C)N2C(=O)OC(C)(C)C2=O)c(OC(C)C)c1. The number of cyclic esters (lactones) is 1. The first-order valence-electron chi connectivity index (χ1n) is 16.4. The van der Waals surface area contributed by atoms with E-state index in [2.05, 4.69) is 26.1 Å². The molecule has 0 spiro atoms. The summed E-state index contributed by atoms with van der Waals surface area (Å²) in [5.41, 5.74) is -1.66. The molecule has 3 rings (SSSR count). The van der Waals surface area contributed by atoms with Crippen LogP contribution >= 0.6 is 0 Å². The van der Waals surface area contributed by atoms with Crippen LogP contribution in [0.4, 0.5) is 10.5 Å². The number of ether oxygens (including phenoxy) is 5. The maximum atomic E-state index is 13.7. The fourth-order valence-corrected chi connectivity index (χ4v) is 4.96. The van der Waals surface area contributed by atoms with Gasteiger partial charge < -0.3 is 29.0 Å². The van der Waals surface area contributed by atoms with Gasteiger partial charge in [-0.15, -0.1) is 0 Å². The summed E-state index contributed by atoms with van der Waals surface area (Å²) >= 11 is 0. The number of nitrogens with zero attached hydrogens (tertiary/aromatic N) is 1. The number of amides is 3. The molecule has 1 N–H and O–H groups in total. The third-order valence-electron chi connectivity index (χ3n) is 7.75. The van der Waals surface area contributed by atoms with Crippen molar-refractivity contribution < 1.29 is 47.7 Å². The standard InChI is InChI=1S/C37H50N2O10/c1-13-23(20-46-27-17-15-24(45-12)19-25(27)35(4,5)6)48-32(42)22-14-16-26(28(18-22)47-21(2)3)38-31(41)29(30(40)36(7,8)9)39-33(43)37(10,11)49-34(39)44/h14-19,21,23,29H,13,20H2,1-12H3,(H,38,41). The van der Waals surface area contributed by atoms with Crippen molar-refractivity contribution in [2.24, 2.45) is 5.41 Å². The van der Waals surface area contributed by atoms with E-state index < -0.39 is 52.8 Å². The molecule has 268 valence electrons. The predicted octanol–water partition coefficient (Wildman–Crippen LogP) is 6.47. The minimum Gasteiger partial charge on any atom is -0.497 e. The van der Waals surface area contributed by atoms with E-state index >= 15 is 0 Å². The number of ketones is 1. The molecule has 2 aromatic rings. The van der Waals surface area contributed by atoms with Crippen molar-refractivity contribution in [3.8, 4) is 17.2 Å². The van der Waals surface area contributed by atoms with Gasteiger partial charge in [0.05, 0.1) is 24.5 Å². The zero-order chi connectivity index (χ0) is 37.1. The summed E-state index contributed by atoms with van der Waals surface area (Å²) in [4.78, 5) is 67.0. The van der Waals surface area contributed by atoms with Gasteiger partial charge in [-0.25, -0.2) is 14.5 Å². The van der Waals surface area contributed by atoms with Crippen LogP contribution in [-0.2, 0) is 29.3 Å². The molecule has 3 amide bonds. The number of anilines is 1. The number of imide groups is 1. The number of benzene rings is 2. The Morgan fingerprint density at radius 2 is 1.61 bits per heavy atom. The summed E-state index contributed by atoms with van der Waals surface area (Å²) in [6.45, 7) is 19.2. The molecule has 1 aliphatic heterocycles. The average Bonchev–Trinajstić information content (AvgIpc) is 3.20. The van der Waals surface area contributed by atoms with E-state index in [1.165, 1.54) is 32.0 Å². The van der Waals surface area contributed by atoms with E-state index in [4.69, 9.17) is 23.7 Å². The molecular weight excluding hydrogens is 632 g/mol. The van der Waals surface area contributed by atoms with E-state index in [-0.39, 0.29) is 35.1 Å². The number of esters is 1. The van der Waals surface area contributed by atoms with Gasteiger partial charge in [-0.3, -0.25) is 14.4 Å². The molecule has 2 unspecified atom stereocenters. The van der Waals surface area contributed by atoms with Gasteiger partial charge in [0, 0.05) is 11.0 Å². The smallest absolute Gasteiger partial charge is 0.418 e. The molecule has 2 aromatic carbocycles. The van der Waals surface area contributed by atoms with E-state index in [0.29, 0.717) is 22.8 Å². The van der Waals surface area contributed by atoms with Crippen LogP contribution in [0.2, 0.25) is 0 Å². The minimum atomic E-state index is -1.81. The second-order valence-electron chi connectivity index (χ2n) is 14.8. The molecule has 12 heteroatoms. The monoisotopic (exact) mass is 682 g/mol. The molecule has 0 aromatic heterocycles. The molecular formula is C37H50N2O10. The lowest BCUT2D eigenvalue weighted by Gasteiger charge is -2.28. The first-order chi connectivity index (χ1) is 22.6. The van der Waals surface area contributed by atoms with Gasteiger partial charge in [-0.1, -0.05) is 48.5 Å². The molecule has 12 nitrogen and oxygen atoms in total. The zero-order valence-corrected chi connectivity index (χ0v) is 30.6. The molecule has 0 saturated carbocycles. The lowest BCUT2D eigenvalue weighted by Crippen LogP contribution is -2.55. The highest BCUT2D eigenvalue weighted by molar-refractivity contribution is 6.19. The van der Waals surface area contributed by atoms with Gasteiger partial charge in [0.2, 0.25) is 0 Å². The summed E-state index contributed by atoms with van der Waals surface area (Å²) < 4.78 is 28.4. The fourth-order valence-electron chi connectivity index (χ4n) is 4.96. The Morgan fingerprint density at radius 3 is 2.12 bits per heavy atom. The second-order valence-corrected chi connectivity index (χ2v) is 14.8. The molecule has 2 atom stereocenters. The van der Waals surface area contributed by atoms with Crippen molar-refractivity contribution in [1.29, 1.82) is 0 Å². The van der Waals surface area contributed by atoms with Crippen molar-refractivity contribution in [3.63, 3.8) is 0 Å². The molecule has 49 heavy (non-hydrogen) atoms. The van der Waals surface area contributed by atoms with Crippen LogP contribution in [0.5, 0.6) is 17.2 Å². The van der Waals surface area contributed by atoms with Crippen molar-refractivity contribution >= 4 is 35.3 Å². The van der Waals surface area contributed by atoms with Gasteiger partial charge in [0.15, 0.2) is 17.4 Å². The highest BCUT2D eigenvalue weighted by Crippen LogP contribution is 2.35. The number of nitrogens with one attached hydrogen (secondary N) is 1. The maximum absolute atomic E-state index is 13.7. The third-order valence-corrected chi connectivity index (χ3v) is 7.75. The van der Waals surface area contributed by atoms with Gasteiger partial charge in [0.1, 0.15) is 30.0 Å². The molecule has 1 fully saturated rings. The fraction of sp³-hybridized carbons (Fsp3) is 0.541. The number of rotatable bonds is 13. The Morgan fingerprint density at radius 1 is 0.959 bits per heavy atom. The lowest BCUT2D eigenvalue weighted by atomic mass is 9.85. The van der Waals surface area contributed by atoms with Gasteiger partial charge in [0.25, 0.3) is 11.8 Å². The van der Waals surface area contributed by atoms with Crippen LogP contribution in [0.15, 0.2) is 36.4 Å². The van der Waals surface area contributed by atoms with Gasteiger partial charge >= 0.3 is 12.1 Å². The molecule has 0 aliphatic carbocycles. The quantitative estimate of drug-likeness (QED) is 0.184. The summed E-state index contributed by atoms with van der Waals surface area (Å²) in [5, 5.41) is 2.63. The van der Waals surface area contributed by atoms with Crippen molar-refractivity contribution in [2.75, 3.05) is 19.0 Å². The largest absolute Gasteiger partial charge is 0.497 e. The number of methoxy groups -OCH3 is 1. The van der Waals surface area contributed by atoms with Gasteiger partial charge in [-0.05, 0) is 75.9 Å². The Kier molecular flexibility index (Phi) is 11.8. The number of hydrogen-bond donors (Lipinski definition) is 1. The predicted molar refractivity (Wildman–Crippen MR) is 183 cm³/mol. The van der Waals surface area contributed by atoms with Crippen LogP contribution < -0.4 is 19.5 Å². The maximum Gasteiger partial charge on any atom is 0.418 e. The third kappa shape index (κ3) is 9.30. The minimum absolute atomic E-state index is 0.110. The van der Waals surface area contributed by atoms with Crippen molar-refractivity contribution in [1.82, 2.24) is 4.90 Å². The molecule has 0 radical (unpaired) electrons. The Balaban J connectivity index is 1.86. The highest BCUT2D eigenvalue weighted by Gasteiger charge is 2.55. The molecule has 0 bridgehead atoms. The van der Waals surface area contributed by atoms with Crippen LogP contribution in [-0.4, -0.2) is 72.1 Å². The first kappa shape index (κ1) is 38.8. The summed E-state index contributed by atoms with van der Waals surface area (Å²) in [6.07, 6.45) is -1.57. The highest BCUT2D eigenvalue weighted by atomic mass is 16.6. The van der Waals surface area contributed by atoms with E-state index in [0.717, 1.165) is 5.56 Å². The lowest BCUT2D eigenvalue weighted by molar-refractivity contribution is -0.145. The summed E-state index contributed by atoms with van der Waals surface area (Å²) in [6, 6.07) is 8.06. The van der Waals surface area contributed by atoms with Gasteiger partial charge in [-0.2, -0.15) is 0 Å². The molecule has 1 aliphatic rings. The van der Waals surface area contributed by atoms with Crippen LogP contribution in [0.25, 0.3) is 0 Å². The van der Waals surface area contributed by atoms with Crippen LogP contribution in [0, 0.1) is 5.41 Å². The molecule has 1 heterocycles. The summed E-state index contributed by atoms with van der Waals surface area (Å²) in [5.74, 6) is -1.58. The number of carbonyl (C=O) groups excluding carboxylic acids is 5. The van der Waals surface area contributed by atoms with Crippen LogP contribution in [0.3, 0.4) is 0 Å². The number of hydrogen-bond acceptors (Lipinski definition) is 10. The molecule has 1 saturated heterocycles. The normalized spacial score (nSPS) is 15.7. The number of Topliss-reactive ketones (excluding diaryl/α,β-unsaturated/α-hetero) is 1. The number of carbonyl (C=O) groups is 5. The first-order valence-corrected chi connectivity index (χ1v) is 16.4. The van der Waals surface area contributed by atoms with E-state index in [9.17, 15) is 24.0 Å². The Bertz CT molecular complexity index is 1580. The Hall–Kier alpha value is -4.61. The van der Waals surface area contributed by atoms with E-state index in [1.54, 1.807) is 41.7 Å². The summed E-state index contributed by atoms with van der Waals surface area (Å²) in [7, 11) is 1.60. The second kappa shape index (κ2) is 14.9. The van der Waals surface area contributed by atoms with E-state index in [1.807, 2.05) is 25.1 Å². The van der Waals surface area contributed by atoms with Crippen molar-refractivity contribution in [2.45, 2.75) is 112 Å². The Labute approximate surface area is 288 Å². The van der Waals surface area contributed by atoms with Crippen molar-refractivity contribution in [3.05, 3.63) is 47.5 Å². The topological polar surface area (TPSA) is 147 Å². The average molecular weight is 683 g/mol. The van der Waals surface area contributed by atoms with Crippen LogP contribution in [0.1, 0.15) is 98.5 Å².